The fourth-order valence-corrected chi connectivity index (χ4v) is 0.582. The first-order valence-electron chi connectivity index (χ1n) is 2.37. The highest BCUT2D eigenvalue weighted by Gasteiger charge is 1.93. The van der Waals surface area contributed by atoms with E-state index in [0.29, 0.717) is 11.2 Å². The van der Waals surface area contributed by atoms with Crippen LogP contribution in [0.4, 0.5) is 0 Å². The third-order valence-corrected chi connectivity index (χ3v) is 0.965. The third-order valence-electron chi connectivity index (χ3n) is 0.965. The van der Waals surface area contributed by atoms with Gasteiger partial charge in [-0.1, -0.05) is 0 Å². The number of fused-ring (bicyclic) bond motifs is 1. The SMILES string of the molecule is [c]1nnnc2[nH]cnc12. The molecule has 0 saturated heterocycles. The second-order valence-electron chi connectivity index (χ2n) is 1.50. The van der Waals surface area contributed by atoms with Crippen LogP contribution in [0.3, 0.4) is 0 Å². The largest absolute Gasteiger partial charge is 0.328 e. The van der Waals surface area contributed by atoms with Crippen molar-refractivity contribution in [1.29, 1.82) is 0 Å². The van der Waals surface area contributed by atoms with Crippen molar-refractivity contribution in [2.24, 2.45) is 0 Å². The lowest BCUT2D eigenvalue weighted by Crippen LogP contribution is -1.85. The Morgan fingerprint density at radius 1 is 1.56 bits per heavy atom. The summed E-state index contributed by atoms with van der Waals surface area (Å²) in [4.78, 5) is 6.61. The van der Waals surface area contributed by atoms with Gasteiger partial charge in [-0.25, -0.2) is 4.98 Å². The van der Waals surface area contributed by atoms with Gasteiger partial charge in [0.1, 0.15) is 11.7 Å². The lowest BCUT2D eigenvalue weighted by molar-refractivity contribution is 0.883. The molecule has 9 heavy (non-hydrogen) atoms. The summed E-state index contributed by atoms with van der Waals surface area (Å²) < 4.78 is 0. The molecular weight excluding hydrogens is 118 g/mol. The summed E-state index contributed by atoms with van der Waals surface area (Å²) in [5.74, 6) is 0. The normalized spacial score (nSPS) is 10.2. The van der Waals surface area contributed by atoms with Gasteiger partial charge >= 0.3 is 0 Å². The van der Waals surface area contributed by atoms with E-state index in [1.807, 2.05) is 0 Å². The molecule has 0 aliphatic rings. The molecule has 0 unspecified atom stereocenters. The van der Waals surface area contributed by atoms with Gasteiger partial charge in [-0.15, -0.1) is 10.2 Å². The van der Waals surface area contributed by atoms with Crippen LogP contribution in [-0.2, 0) is 0 Å². The Bertz CT molecular complexity index is 283. The molecule has 0 aromatic carbocycles. The highest BCUT2D eigenvalue weighted by Crippen LogP contribution is 1.96. The summed E-state index contributed by atoms with van der Waals surface area (Å²) >= 11 is 0. The zero-order chi connectivity index (χ0) is 6.10. The van der Waals surface area contributed by atoms with E-state index in [4.69, 9.17) is 0 Å². The van der Waals surface area contributed by atoms with Gasteiger partial charge in [-0.2, -0.15) is 0 Å². The number of rotatable bonds is 0. The van der Waals surface area contributed by atoms with E-state index in [1.165, 1.54) is 6.33 Å². The molecule has 0 atom stereocenters. The summed E-state index contributed by atoms with van der Waals surface area (Å²) in [5.41, 5.74) is 1.23. The predicted octanol–water partition coefficient (Wildman–Crippen LogP) is -0.452. The molecule has 0 aliphatic heterocycles. The maximum Gasteiger partial charge on any atom is 0.183 e. The summed E-state index contributed by atoms with van der Waals surface area (Å²) in [6.45, 7) is 0. The first kappa shape index (κ1) is 4.37. The second-order valence-corrected chi connectivity index (χ2v) is 1.50. The molecule has 0 bridgehead atoms. The fourth-order valence-electron chi connectivity index (χ4n) is 0.582. The summed E-state index contributed by atoms with van der Waals surface area (Å²) in [6, 6.07) is 0. The van der Waals surface area contributed by atoms with E-state index in [-0.39, 0.29) is 0 Å². The molecule has 2 aromatic heterocycles. The minimum absolute atomic E-state index is 0.616. The molecule has 0 saturated carbocycles. The van der Waals surface area contributed by atoms with Crippen molar-refractivity contribution in [3.8, 4) is 0 Å². The summed E-state index contributed by atoms with van der Waals surface area (Å²) in [6.07, 6.45) is 4.09. The summed E-state index contributed by atoms with van der Waals surface area (Å²) in [7, 11) is 0. The van der Waals surface area contributed by atoms with Gasteiger partial charge in [0.25, 0.3) is 0 Å². The first-order chi connectivity index (χ1) is 4.47. The topological polar surface area (TPSA) is 67.3 Å². The number of imidazole rings is 1. The van der Waals surface area contributed by atoms with E-state index in [9.17, 15) is 0 Å². The van der Waals surface area contributed by atoms with Crippen LogP contribution in [0.15, 0.2) is 6.33 Å². The number of H-pyrrole nitrogens is 1. The summed E-state index contributed by atoms with van der Waals surface area (Å²) in [5, 5.41) is 10.4. The molecule has 2 rings (SSSR count). The van der Waals surface area contributed by atoms with E-state index in [1.54, 1.807) is 0 Å². The maximum atomic E-state index is 3.84. The molecule has 43 valence electrons. The number of nitrogens with zero attached hydrogens (tertiary/aromatic N) is 4. The zero-order valence-electron chi connectivity index (χ0n) is 4.37. The highest BCUT2D eigenvalue weighted by molar-refractivity contribution is 5.66. The molecule has 5 nitrogen and oxygen atoms in total. The molecule has 0 spiro atoms. The second kappa shape index (κ2) is 1.48. The molecule has 2 aromatic rings. The van der Waals surface area contributed by atoms with E-state index in [2.05, 4.69) is 31.6 Å². The monoisotopic (exact) mass is 120 g/mol. The third kappa shape index (κ3) is 0.543. The van der Waals surface area contributed by atoms with Crippen molar-refractivity contribution >= 4 is 11.2 Å². The Morgan fingerprint density at radius 3 is 3.44 bits per heavy atom. The number of hydrogen-bond acceptors (Lipinski definition) is 4. The number of hydrogen-bond donors (Lipinski definition) is 1. The number of aromatic amines is 1. The smallest absolute Gasteiger partial charge is 0.183 e. The van der Waals surface area contributed by atoms with Gasteiger partial charge in [-0.05, 0) is 5.21 Å². The van der Waals surface area contributed by atoms with Gasteiger partial charge in [0.15, 0.2) is 5.65 Å². The quantitative estimate of drug-likeness (QED) is 0.511. The average Bonchev–Trinajstić information content (AvgIpc) is 2.33. The van der Waals surface area contributed by atoms with E-state index >= 15 is 0 Å². The molecular formula is C4H2N5. The average molecular weight is 120 g/mol. The molecule has 0 amide bonds. The van der Waals surface area contributed by atoms with Crippen LogP contribution in [0.25, 0.3) is 11.2 Å². The molecule has 0 fully saturated rings. The van der Waals surface area contributed by atoms with Gasteiger partial charge < -0.3 is 4.98 Å². The minimum atomic E-state index is 0.616. The fraction of sp³-hybridized carbons (Fsp3) is 0. The Labute approximate surface area is 50.1 Å². The van der Waals surface area contributed by atoms with Crippen LogP contribution in [-0.4, -0.2) is 25.4 Å². The van der Waals surface area contributed by atoms with Crippen LogP contribution >= 0.6 is 0 Å². The zero-order valence-corrected chi connectivity index (χ0v) is 4.37. The van der Waals surface area contributed by atoms with Crippen molar-refractivity contribution in [1.82, 2.24) is 25.4 Å². The van der Waals surface area contributed by atoms with E-state index < -0.39 is 0 Å². The van der Waals surface area contributed by atoms with Gasteiger partial charge in [0.05, 0.1) is 6.33 Å². The molecule has 0 aliphatic carbocycles. The highest BCUT2D eigenvalue weighted by atomic mass is 15.3. The standard InChI is InChI=1S/C4H2N5/c1-3-4(6-2-5-3)8-9-7-1/h2H,(H,5,6,7,8). The van der Waals surface area contributed by atoms with E-state index in [0.717, 1.165) is 0 Å². The first-order valence-corrected chi connectivity index (χ1v) is 2.37. The van der Waals surface area contributed by atoms with Crippen LogP contribution in [0.2, 0.25) is 0 Å². The molecule has 5 heteroatoms. The minimum Gasteiger partial charge on any atom is -0.328 e. The Balaban J connectivity index is 2.95. The van der Waals surface area contributed by atoms with Crippen molar-refractivity contribution in [3.63, 3.8) is 0 Å². The van der Waals surface area contributed by atoms with Crippen molar-refractivity contribution in [2.45, 2.75) is 0 Å². The van der Waals surface area contributed by atoms with Crippen LogP contribution in [0, 0.1) is 6.20 Å². The van der Waals surface area contributed by atoms with Crippen LogP contribution < -0.4 is 0 Å². The molecule has 1 radical (unpaired) electrons. The maximum absolute atomic E-state index is 3.84. The predicted molar refractivity (Wildman–Crippen MR) is 28.3 cm³/mol. The Morgan fingerprint density at radius 2 is 2.56 bits per heavy atom. The molecule has 1 N–H and O–H groups in total. The molecule has 2 heterocycles. The van der Waals surface area contributed by atoms with Gasteiger partial charge in [-0.3, -0.25) is 0 Å². The number of aromatic nitrogens is 5. The van der Waals surface area contributed by atoms with Gasteiger partial charge in [0.2, 0.25) is 0 Å². The van der Waals surface area contributed by atoms with Crippen LogP contribution in [0.5, 0.6) is 0 Å². The van der Waals surface area contributed by atoms with Crippen molar-refractivity contribution in [3.05, 3.63) is 12.5 Å². The van der Waals surface area contributed by atoms with Crippen molar-refractivity contribution in [2.75, 3.05) is 0 Å². The van der Waals surface area contributed by atoms with Crippen LogP contribution in [0.1, 0.15) is 0 Å². The Hall–Kier alpha value is -1.52. The van der Waals surface area contributed by atoms with Gasteiger partial charge in [0, 0.05) is 0 Å². The number of nitrogens with one attached hydrogen (secondary N) is 1. The lowest BCUT2D eigenvalue weighted by Gasteiger charge is -1.77. The lowest BCUT2D eigenvalue weighted by atomic mass is 10.6. The van der Waals surface area contributed by atoms with Crippen molar-refractivity contribution < 1.29 is 0 Å². The Kier molecular flexibility index (Phi) is 0.717.